The summed E-state index contributed by atoms with van der Waals surface area (Å²) in [4.78, 5) is 0. The van der Waals surface area contributed by atoms with Crippen LogP contribution in [-0.4, -0.2) is 19.8 Å². The van der Waals surface area contributed by atoms with Gasteiger partial charge in [-0.25, -0.2) is 0 Å². The maximum absolute atomic E-state index is 5.57. The van der Waals surface area contributed by atoms with Crippen molar-refractivity contribution in [1.82, 2.24) is 5.32 Å². The van der Waals surface area contributed by atoms with Gasteiger partial charge in [-0.2, -0.15) is 0 Å². The highest BCUT2D eigenvalue weighted by Crippen LogP contribution is 2.35. The molecular formula is C17H20BrNO2. The normalized spacial score (nSPS) is 17.8. The van der Waals surface area contributed by atoms with Crippen molar-refractivity contribution in [1.29, 1.82) is 0 Å². The van der Waals surface area contributed by atoms with Gasteiger partial charge in [-0.05, 0) is 42.7 Å². The van der Waals surface area contributed by atoms with E-state index < -0.39 is 0 Å². The third-order valence-corrected chi connectivity index (χ3v) is 4.72. The summed E-state index contributed by atoms with van der Waals surface area (Å²) in [5.41, 5.74) is 1.53. The van der Waals surface area contributed by atoms with Gasteiger partial charge in [0.15, 0.2) is 0 Å². The Balaban J connectivity index is 1.73. The van der Waals surface area contributed by atoms with Crippen LogP contribution in [-0.2, 0) is 16.7 Å². The van der Waals surface area contributed by atoms with Crippen LogP contribution in [0.5, 0.6) is 0 Å². The number of rotatable bonds is 5. The molecule has 21 heavy (non-hydrogen) atoms. The number of benzene rings is 1. The van der Waals surface area contributed by atoms with Crippen LogP contribution in [0.1, 0.15) is 24.2 Å². The van der Waals surface area contributed by atoms with Crippen molar-refractivity contribution in [3.8, 4) is 0 Å². The Morgan fingerprint density at radius 2 is 2.00 bits per heavy atom. The highest BCUT2D eigenvalue weighted by Gasteiger charge is 2.34. The van der Waals surface area contributed by atoms with Crippen LogP contribution >= 0.6 is 15.9 Å². The SMILES string of the molecule is Brc1cccc(C2(CNCc3ccco3)CCOCC2)c1. The van der Waals surface area contributed by atoms with E-state index in [2.05, 4.69) is 45.5 Å². The minimum absolute atomic E-state index is 0.147. The second-order valence-corrected chi connectivity index (χ2v) is 6.50. The van der Waals surface area contributed by atoms with Gasteiger partial charge in [-0.3, -0.25) is 0 Å². The standard InChI is InChI=1S/C17H20BrNO2/c18-15-4-1-3-14(11-15)17(6-9-20-10-7-17)13-19-12-16-5-2-8-21-16/h1-5,8,11,19H,6-7,9-10,12-13H2. The average Bonchev–Trinajstić information content (AvgIpc) is 3.02. The molecule has 0 aliphatic carbocycles. The topological polar surface area (TPSA) is 34.4 Å². The minimum atomic E-state index is 0.147. The number of furan rings is 1. The fourth-order valence-corrected chi connectivity index (χ4v) is 3.39. The zero-order chi connectivity index (χ0) is 14.5. The molecule has 0 spiro atoms. The Bertz CT molecular complexity index is 562. The first-order chi connectivity index (χ1) is 10.3. The first-order valence-electron chi connectivity index (χ1n) is 7.35. The molecule has 2 heterocycles. The number of ether oxygens (including phenoxy) is 1. The van der Waals surface area contributed by atoms with Crippen molar-refractivity contribution in [3.05, 3.63) is 58.5 Å². The Kier molecular flexibility index (Phi) is 4.78. The summed E-state index contributed by atoms with van der Waals surface area (Å²) in [6, 6.07) is 12.6. The van der Waals surface area contributed by atoms with Crippen LogP contribution in [0.25, 0.3) is 0 Å². The van der Waals surface area contributed by atoms with Gasteiger partial charge in [0.05, 0.1) is 12.8 Å². The molecule has 1 fully saturated rings. The third kappa shape index (κ3) is 3.57. The molecule has 4 heteroatoms. The Labute approximate surface area is 133 Å². The van der Waals surface area contributed by atoms with Gasteiger partial charge in [0.25, 0.3) is 0 Å². The molecule has 1 aromatic heterocycles. The Hall–Kier alpha value is -1.10. The Morgan fingerprint density at radius 3 is 2.71 bits per heavy atom. The molecule has 112 valence electrons. The largest absolute Gasteiger partial charge is 0.468 e. The van der Waals surface area contributed by atoms with Gasteiger partial charge in [0, 0.05) is 29.6 Å². The number of hydrogen-bond donors (Lipinski definition) is 1. The zero-order valence-corrected chi connectivity index (χ0v) is 13.6. The van der Waals surface area contributed by atoms with Gasteiger partial charge in [-0.1, -0.05) is 28.1 Å². The minimum Gasteiger partial charge on any atom is -0.468 e. The summed E-state index contributed by atoms with van der Waals surface area (Å²) < 4.78 is 12.1. The van der Waals surface area contributed by atoms with E-state index >= 15 is 0 Å². The third-order valence-electron chi connectivity index (χ3n) is 4.23. The van der Waals surface area contributed by atoms with E-state index in [1.54, 1.807) is 6.26 Å². The van der Waals surface area contributed by atoms with E-state index in [0.29, 0.717) is 0 Å². The predicted molar refractivity (Wildman–Crippen MR) is 86.3 cm³/mol. The summed E-state index contributed by atoms with van der Waals surface area (Å²) in [7, 11) is 0. The molecule has 1 aliphatic rings. The van der Waals surface area contributed by atoms with E-state index in [1.165, 1.54) is 5.56 Å². The summed E-state index contributed by atoms with van der Waals surface area (Å²) in [5, 5.41) is 3.55. The molecule has 1 aliphatic heterocycles. The first-order valence-corrected chi connectivity index (χ1v) is 8.15. The molecule has 3 rings (SSSR count). The van der Waals surface area contributed by atoms with Crippen molar-refractivity contribution >= 4 is 15.9 Å². The van der Waals surface area contributed by atoms with Crippen LogP contribution in [0.4, 0.5) is 0 Å². The van der Waals surface area contributed by atoms with Crippen molar-refractivity contribution in [2.24, 2.45) is 0 Å². The van der Waals surface area contributed by atoms with Gasteiger partial charge < -0.3 is 14.5 Å². The smallest absolute Gasteiger partial charge is 0.117 e. The van der Waals surface area contributed by atoms with Gasteiger partial charge in [0.1, 0.15) is 5.76 Å². The van der Waals surface area contributed by atoms with Gasteiger partial charge in [-0.15, -0.1) is 0 Å². The second-order valence-electron chi connectivity index (χ2n) is 5.59. The molecule has 1 saturated heterocycles. The van der Waals surface area contributed by atoms with Crippen molar-refractivity contribution in [2.45, 2.75) is 24.8 Å². The Morgan fingerprint density at radius 1 is 1.14 bits per heavy atom. The van der Waals surface area contributed by atoms with Crippen LogP contribution in [0.15, 0.2) is 51.6 Å². The molecular weight excluding hydrogens is 330 g/mol. The molecule has 0 atom stereocenters. The van der Waals surface area contributed by atoms with Crippen LogP contribution in [0, 0.1) is 0 Å². The van der Waals surface area contributed by atoms with Crippen LogP contribution in [0.3, 0.4) is 0 Å². The van der Waals surface area contributed by atoms with Gasteiger partial charge in [0.2, 0.25) is 0 Å². The molecule has 1 aromatic carbocycles. The molecule has 0 radical (unpaired) electrons. The highest BCUT2D eigenvalue weighted by molar-refractivity contribution is 9.10. The molecule has 0 amide bonds. The number of nitrogens with one attached hydrogen (secondary N) is 1. The lowest BCUT2D eigenvalue weighted by Gasteiger charge is -2.38. The van der Waals surface area contributed by atoms with E-state index in [9.17, 15) is 0 Å². The quantitative estimate of drug-likeness (QED) is 0.889. The lowest BCUT2D eigenvalue weighted by Crippen LogP contribution is -2.42. The predicted octanol–water partition coefficient (Wildman–Crippen LogP) is 3.88. The molecule has 3 nitrogen and oxygen atoms in total. The van der Waals surface area contributed by atoms with E-state index in [-0.39, 0.29) is 5.41 Å². The summed E-state index contributed by atoms with van der Waals surface area (Å²) >= 11 is 3.59. The summed E-state index contributed by atoms with van der Waals surface area (Å²) in [5.74, 6) is 0.978. The average molecular weight is 350 g/mol. The lowest BCUT2D eigenvalue weighted by atomic mass is 9.74. The molecule has 2 aromatic rings. The van der Waals surface area contributed by atoms with Crippen LogP contribution in [0.2, 0.25) is 0 Å². The summed E-state index contributed by atoms with van der Waals surface area (Å²) in [6.07, 6.45) is 3.82. The summed E-state index contributed by atoms with van der Waals surface area (Å²) in [6.45, 7) is 3.36. The molecule has 1 N–H and O–H groups in total. The zero-order valence-electron chi connectivity index (χ0n) is 12.0. The number of hydrogen-bond acceptors (Lipinski definition) is 3. The van der Waals surface area contributed by atoms with E-state index in [1.807, 2.05) is 12.1 Å². The van der Waals surface area contributed by atoms with Crippen molar-refractivity contribution in [2.75, 3.05) is 19.8 Å². The van der Waals surface area contributed by atoms with E-state index in [0.717, 1.165) is 49.4 Å². The number of halogens is 1. The molecule has 0 saturated carbocycles. The van der Waals surface area contributed by atoms with Gasteiger partial charge >= 0.3 is 0 Å². The lowest BCUT2D eigenvalue weighted by molar-refractivity contribution is 0.0496. The molecule has 0 unspecified atom stereocenters. The monoisotopic (exact) mass is 349 g/mol. The van der Waals surface area contributed by atoms with Crippen molar-refractivity contribution < 1.29 is 9.15 Å². The fraction of sp³-hybridized carbons (Fsp3) is 0.412. The molecule has 0 bridgehead atoms. The van der Waals surface area contributed by atoms with Crippen LogP contribution < -0.4 is 5.32 Å². The maximum Gasteiger partial charge on any atom is 0.117 e. The first kappa shape index (κ1) is 14.8. The highest BCUT2D eigenvalue weighted by atomic mass is 79.9. The fourth-order valence-electron chi connectivity index (χ4n) is 2.99. The van der Waals surface area contributed by atoms with Crippen molar-refractivity contribution in [3.63, 3.8) is 0 Å². The van der Waals surface area contributed by atoms with E-state index in [4.69, 9.17) is 9.15 Å². The maximum atomic E-state index is 5.57. The second kappa shape index (κ2) is 6.77.